The van der Waals surface area contributed by atoms with E-state index in [1.807, 2.05) is 6.92 Å². The van der Waals surface area contributed by atoms with Crippen LogP contribution in [-0.2, 0) is 23.6 Å². The Morgan fingerprint density at radius 3 is 2.88 bits per heavy atom. The molecule has 25 heavy (non-hydrogen) atoms. The molecule has 9 heteroatoms. The molecule has 0 aliphatic heterocycles. The number of aromatic nitrogens is 2. The van der Waals surface area contributed by atoms with Gasteiger partial charge in [-0.05, 0) is 31.2 Å². The van der Waals surface area contributed by atoms with Gasteiger partial charge < -0.3 is 9.15 Å². The quantitative estimate of drug-likeness (QED) is 0.710. The maximum atomic E-state index is 12.5. The molecule has 3 rings (SSSR count). The minimum atomic E-state index is -3.78. The smallest absolute Gasteiger partial charge is 0.419 e. The van der Waals surface area contributed by atoms with E-state index >= 15 is 0 Å². The van der Waals surface area contributed by atoms with Crippen molar-refractivity contribution >= 4 is 21.1 Å². The number of sulfonamides is 1. The topological polar surface area (TPSA) is 103 Å². The summed E-state index contributed by atoms with van der Waals surface area (Å²) in [5, 5.41) is 0. The molecule has 0 saturated carbocycles. The van der Waals surface area contributed by atoms with E-state index < -0.39 is 15.8 Å². The third kappa shape index (κ3) is 3.42. The first-order valence-corrected chi connectivity index (χ1v) is 9.06. The van der Waals surface area contributed by atoms with Crippen molar-refractivity contribution in [1.82, 2.24) is 14.3 Å². The van der Waals surface area contributed by atoms with Crippen molar-refractivity contribution in [2.45, 2.75) is 18.4 Å². The summed E-state index contributed by atoms with van der Waals surface area (Å²) in [5.41, 5.74) is 1.37. The lowest BCUT2D eigenvalue weighted by Crippen LogP contribution is -2.23. The van der Waals surface area contributed by atoms with Crippen LogP contribution in [0.1, 0.15) is 12.5 Å². The predicted molar refractivity (Wildman–Crippen MR) is 90.9 cm³/mol. The minimum absolute atomic E-state index is 0.0356. The molecule has 0 unspecified atom stereocenters. The number of benzene rings is 1. The molecule has 0 aliphatic carbocycles. The number of nitrogens with one attached hydrogen (secondary N) is 1. The van der Waals surface area contributed by atoms with Gasteiger partial charge in [0, 0.05) is 25.4 Å². The third-order valence-electron chi connectivity index (χ3n) is 3.66. The molecule has 1 N–H and O–H groups in total. The first-order valence-electron chi connectivity index (χ1n) is 7.58. The van der Waals surface area contributed by atoms with Gasteiger partial charge in [0.15, 0.2) is 5.58 Å². The molecule has 0 radical (unpaired) electrons. The largest absolute Gasteiger partial charge is 0.478 e. The number of nitrogens with zero attached hydrogens (tertiary/aromatic N) is 2. The molecule has 0 spiro atoms. The SMILES string of the molecule is CCOc1ncccc1CNS(=O)(=O)c1ccc2oc(=O)n(C)c2c1. The van der Waals surface area contributed by atoms with Gasteiger partial charge in [0.05, 0.1) is 17.0 Å². The number of oxazole rings is 1. The van der Waals surface area contributed by atoms with Crippen LogP contribution >= 0.6 is 0 Å². The Morgan fingerprint density at radius 2 is 2.12 bits per heavy atom. The van der Waals surface area contributed by atoms with Gasteiger partial charge in [-0.1, -0.05) is 6.07 Å². The van der Waals surface area contributed by atoms with Gasteiger partial charge in [-0.3, -0.25) is 4.57 Å². The molecule has 0 atom stereocenters. The zero-order valence-corrected chi connectivity index (χ0v) is 14.5. The van der Waals surface area contributed by atoms with Crippen LogP contribution in [-0.4, -0.2) is 24.6 Å². The molecular formula is C16H17N3O5S. The van der Waals surface area contributed by atoms with Crippen molar-refractivity contribution in [3.8, 4) is 5.88 Å². The number of rotatable bonds is 6. The van der Waals surface area contributed by atoms with E-state index in [9.17, 15) is 13.2 Å². The number of aryl methyl sites for hydroxylation is 1. The van der Waals surface area contributed by atoms with Crippen LogP contribution in [0.3, 0.4) is 0 Å². The van der Waals surface area contributed by atoms with Crippen LogP contribution in [0.2, 0.25) is 0 Å². The first-order chi connectivity index (χ1) is 11.9. The van der Waals surface area contributed by atoms with E-state index in [4.69, 9.17) is 9.15 Å². The highest BCUT2D eigenvalue weighted by atomic mass is 32.2. The summed E-state index contributed by atoms with van der Waals surface area (Å²) in [5.74, 6) is -0.158. The second-order valence-corrected chi connectivity index (χ2v) is 7.05. The number of fused-ring (bicyclic) bond motifs is 1. The molecule has 132 valence electrons. The summed E-state index contributed by atoms with van der Waals surface area (Å²) in [6.45, 7) is 2.29. The van der Waals surface area contributed by atoms with Crippen molar-refractivity contribution in [2.75, 3.05) is 6.61 Å². The fourth-order valence-corrected chi connectivity index (χ4v) is 3.38. The molecule has 0 aliphatic rings. The van der Waals surface area contributed by atoms with Crippen LogP contribution in [0, 0.1) is 0 Å². The van der Waals surface area contributed by atoms with Gasteiger partial charge >= 0.3 is 5.76 Å². The van der Waals surface area contributed by atoms with E-state index in [0.717, 1.165) is 0 Å². The highest BCUT2D eigenvalue weighted by Gasteiger charge is 2.17. The van der Waals surface area contributed by atoms with Crippen LogP contribution in [0.5, 0.6) is 5.88 Å². The Balaban J connectivity index is 1.87. The van der Waals surface area contributed by atoms with Crippen molar-refractivity contribution in [1.29, 1.82) is 0 Å². The molecule has 0 fully saturated rings. The minimum Gasteiger partial charge on any atom is -0.478 e. The Bertz CT molecular complexity index is 1070. The molecular weight excluding hydrogens is 346 g/mol. The fraction of sp³-hybridized carbons (Fsp3) is 0.250. The summed E-state index contributed by atoms with van der Waals surface area (Å²) in [6, 6.07) is 7.69. The Hall–Kier alpha value is -2.65. The zero-order valence-electron chi connectivity index (χ0n) is 13.7. The maximum Gasteiger partial charge on any atom is 0.419 e. The molecule has 3 aromatic rings. The Labute approximate surface area is 144 Å². The van der Waals surface area contributed by atoms with Gasteiger partial charge in [-0.2, -0.15) is 0 Å². The Kier molecular flexibility index (Phi) is 4.60. The van der Waals surface area contributed by atoms with Crippen molar-refractivity contribution in [3.05, 3.63) is 52.6 Å². The highest BCUT2D eigenvalue weighted by molar-refractivity contribution is 7.89. The van der Waals surface area contributed by atoms with Crippen LogP contribution in [0.15, 0.2) is 50.6 Å². The van der Waals surface area contributed by atoms with Gasteiger partial charge in [0.1, 0.15) is 0 Å². The number of hydrogen-bond donors (Lipinski definition) is 1. The number of pyridine rings is 1. The van der Waals surface area contributed by atoms with Gasteiger partial charge in [0.2, 0.25) is 15.9 Å². The van der Waals surface area contributed by atoms with E-state index in [2.05, 4.69) is 9.71 Å². The fourth-order valence-electron chi connectivity index (χ4n) is 2.36. The average molecular weight is 363 g/mol. The lowest BCUT2D eigenvalue weighted by Gasteiger charge is -2.10. The van der Waals surface area contributed by atoms with Crippen LogP contribution in [0.25, 0.3) is 11.1 Å². The summed E-state index contributed by atoms with van der Waals surface area (Å²) in [6.07, 6.45) is 1.58. The summed E-state index contributed by atoms with van der Waals surface area (Å²) in [7, 11) is -2.26. The van der Waals surface area contributed by atoms with E-state index in [-0.39, 0.29) is 11.4 Å². The van der Waals surface area contributed by atoms with Crippen LogP contribution in [0.4, 0.5) is 0 Å². The first kappa shape index (κ1) is 17.2. The number of ether oxygens (including phenoxy) is 1. The molecule has 2 aromatic heterocycles. The summed E-state index contributed by atoms with van der Waals surface area (Å²) >= 11 is 0. The molecule has 2 heterocycles. The standard InChI is InChI=1S/C16H17N3O5S/c1-3-23-15-11(5-4-8-17-15)10-18-25(21,22)12-6-7-14-13(9-12)19(2)16(20)24-14/h4-9,18H,3,10H2,1-2H3. The second kappa shape index (κ2) is 6.69. The molecule has 0 saturated heterocycles. The van der Waals surface area contributed by atoms with Crippen molar-refractivity contribution in [2.24, 2.45) is 7.05 Å². The monoisotopic (exact) mass is 363 g/mol. The van der Waals surface area contributed by atoms with Gasteiger partial charge in [-0.15, -0.1) is 0 Å². The van der Waals surface area contributed by atoms with E-state index in [0.29, 0.717) is 29.2 Å². The van der Waals surface area contributed by atoms with Crippen molar-refractivity contribution < 1.29 is 17.6 Å². The zero-order chi connectivity index (χ0) is 18.0. The lowest BCUT2D eigenvalue weighted by atomic mass is 10.3. The van der Waals surface area contributed by atoms with Gasteiger partial charge in [-0.25, -0.2) is 22.9 Å². The average Bonchev–Trinajstić information content (AvgIpc) is 2.88. The normalized spacial score (nSPS) is 11.8. The van der Waals surface area contributed by atoms with Gasteiger partial charge in [0.25, 0.3) is 0 Å². The molecule has 0 bridgehead atoms. The van der Waals surface area contributed by atoms with Crippen LogP contribution < -0.4 is 15.2 Å². The molecule has 8 nitrogen and oxygen atoms in total. The summed E-state index contributed by atoms with van der Waals surface area (Å²) < 4.78 is 39.3. The number of hydrogen-bond acceptors (Lipinski definition) is 6. The van der Waals surface area contributed by atoms with E-state index in [1.54, 1.807) is 18.3 Å². The Morgan fingerprint density at radius 1 is 1.32 bits per heavy atom. The lowest BCUT2D eigenvalue weighted by molar-refractivity contribution is 0.322. The summed E-state index contributed by atoms with van der Waals surface area (Å²) in [4.78, 5) is 15.6. The molecule has 1 aromatic carbocycles. The maximum absolute atomic E-state index is 12.5. The highest BCUT2D eigenvalue weighted by Crippen LogP contribution is 2.19. The second-order valence-electron chi connectivity index (χ2n) is 5.28. The third-order valence-corrected chi connectivity index (χ3v) is 5.06. The van der Waals surface area contributed by atoms with E-state index in [1.165, 1.54) is 29.8 Å². The molecule has 0 amide bonds. The predicted octanol–water partition coefficient (Wildman–Crippen LogP) is 1.40. The van der Waals surface area contributed by atoms with Crippen molar-refractivity contribution in [3.63, 3.8) is 0 Å².